The van der Waals surface area contributed by atoms with E-state index in [0.717, 1.165) is 41.9 Å². The lowest BCUT2D eigenvalue weighted by Crippen LogP contribution is -2.70. The number of hydrogen-bond acceptors (Lipinski definition) is 22. The van der Waals surface area contributed by atoms with Crippen molar-refractivity contribution in [3.63, 3.8) is 0 Å². The zero-order valence-corrected chi connectivity index (χ0v) is 44.9. The zero-order chi connectivity index (χ0) is 60.3. The minimum absolute atomic E-state index is 0.0725. The van der Waals surface area contributed by atoms with Crippen LogP contribution in [0.5, 0.6) is 0 Å². The van der Waals surface area contributed by atoms with Gasteiger partial charge in [0.25, 0.3) is 0 Å². The van der Waals surface area contributed by atoms with Crippen LogP contribution in [0.4, 0.5) is 13.2 Å². The van der Waals surface area contributed by atoms with E-state index in [1.807, 2.05) is 0 Å². The Morgan fingerprint density at radius 1 is 0.633 bits per heavy atom. The van der Waals surface area contributed by atoms with Gasteiger partial charge in [0.15, 0.2) is 12.6 Å². The van der Waals surface area contributed by atoms with E-state index < -0.39 is 203 Å². The Balaban J connectivity index is 2.34. The van der Waals surface area contributed by atoms with Crippen LogP contribution in [-0.4, -0.2) is 227 Å². The molecular formula is C43H70F3N8O24P. The fourth-order valence-electron chi connectivity index (χ4n) is 7.65. The number of esters is 2. The third kappa shape index (κ3) is 22.4. The standard InChI is InChI=1S/C43H70F3N8O24P/c1-17(34(62)50-19(3)38(66)72-7)49-37(65)23(11-9-10-14-47-42(68)43(44,45)46)53-27(59)13-12-24(39(67)73-8)54-35(63)18(2)48-36(64)20(4)74-33-29(52-22(6)58)41(78-79(69,70)71)76-26(16-56)32(33)77-40-28(51-21(5)57)31(61)30(60)25(15-55)75-40/h17-20,23-26,28-33,40-41,55-56,60-61H,9-16H2,1-8H3,(H,47,68)(H,48,64)(H,49,65)(H,50,62)(H,51,57)(H,52,58)(H,53,59)(H,54,63)(H2,69,70,71)/t17-,18+,19-,20-,23+,24-,25-,26-,28-,29-,30-,31-,32-,33-,40+,41-/m1/s1. The average molecular weight is 1170 g/mol. The number of amides is 8. The lowest BCUT2D eigenvalue weighted by Gasteiger charge is -2.49. The predicted octanol–water partition coefficient (Wildman–Crippen LogP) is -6.12. The van der Waals surface area contributed by atoms with Gasteiger partial charge in [-0.05, 0) is 53.4 Å². The maximum Gasteiger partial charge on any atom is 0.472 e. The highest BCUT2D eigenvalue weighted by Gasteiger charge is 2.54. The number of methoxy groups -OCH3 is 2. The van der Waals surface area contributed by atoms with Gasteiger partial charge in [-0.15, -0.1) is 0 Å². The first kappa shape index (κ1) is 69.4. The first-order valence-corrected chi connectivity index (χ1v) is 25.7. The SMILES string of the molecule is COC(=O)[C@@H](C)NC(=O)[C@@H](C)NC(=O)[C@H](CCCCNC(=O)C(F)(F)F)NC(=O)CC[C@@H](NC(=O)[C@H](C)NC(=O)[C@@H](C)O[C@@H]1[C@@H](NC(C)=O)[C@@H](OP(=O)(O)O)O[C@H](CO)[C@H]1O[C@@H]1O[C@H](CO)[C@@H](O)[C@H](O)[C@H]1NC(C)=O)C(=O)OC. The number of ether oxygens (including phenoxy) is 6. The Morgan fingerprint density at radius 2 is 1.16 bits per heavy atom. The molecule has 0 saturated carbocycles. The van der Waals surface area contributed by atoms with Gasteiger partial charge in [0.1, 0.15) is 85.0 Å². The van der Waals surface area contributed by atoms with E-state index in [-0.39, 0.29) is 19.3 Å². The summed E-state index contributed by atoms with van der Waals surface area (Å²) in [5.41, 5.74) is 0. The smallest absolute Gasteiger partial charge is 0.467 e. The van der Waals surface area contributed by atoms with Gasteiger partial charge >= 0.3 is 31.8 Å². The molecule has 2 rings (SSSR count). The zero-order valence-electron chi connectivity index (χ0n) is 44.0. The van der Waals surface area contributed by atoms with Crippen LogP contribution >= 0.6 is 7.82 Å². The number of alkyl halides is 3. The number of aliphatic hydroxyl groups is 4. The molecule has 36 heteroatoms. The molecule has 32 nitrogen and oxygen atoms in total. The number of carbonyl (C=O) groups excluding carboxylic acids is 10. The summed E-state index contributed by atoms with van der Waals surface area (Å²) in [5.74, 6) is -10.8. The number of phosphoric ester groups is 1. The third-order valence-electron chi connectivity index (χ3n) is 11.7. The molecule has 0 aliphatic carbocycles. The summed E-state index contributed by atoms with van der Waals surface area (Å²) in [7, 11) is -3.51. The van der Waals surface area contributed by atoms with E-state index in [2.05, 4.69) is 42.0 Å². The Kier molecular flexibility index (Phi) is 28.0. The minimum Gasteiger partial charge on any atom is -0.467 e. The Morgan fingerprint density at radius 3 is 1.70 bits per heavy atom. The first-order valence-electron chi connectivity index (χ1n) is 24.2. The van der Waals surface area contributed by atoms with Crippen LogP contribution in [0.2, 0.25) is 0 Å². The summed E-state index contributed by atoms with van der Waals surface area (Å²) in [6, 6.07) is -10.6. The van der Waals surface area contributed by atoms with Crippen LogP contribution in [0, 0.1) is 0 Å². The molecule has 0 radical (unpaired) electrons. The van der Waals surface area contributed by atoms with Gasteiger partial charge in [0, 0.05) is 26.8 Å². The van der Waals surface area contributed by atoms with Gasteiger partial charge in [-0.2, -0.15) is 13.2 Å². The van der Waals surface area contributed by atoms with Crippen LogP contribution in [-0.2, 0) is 85.5 Å². The second-order valence-electron chi connectivity index (χ2n) is 18.0. The fourth-order valence-corrected chi connectivity index (χ4v) is 8.10. The molecule has 16 atom stereocenters. The molecule has 79 heavy (non-hydrogen) atoms. The van der Waals surface area contributed by atoms with Gasteiger partial charge in [0.2, 0.25) is 41.4 Å². The summed E-state index contributed by atoms with van der Waals surface area (Å²) >= 11 is 0. The number of rotatable bonds is 29. The maximum absolute atomic E-state index is 13.7. The van der Waals surface area contributed by atoms with E-state index >= 15 is 0 Å². The van der Waals surface area contributed by atoms with Crippen molar-refractivity contribution in [1.29, 1.82) is 0 Å². The Hall–Kier alpha value is -5.72. The Labute approximate surface area is 449 Å². The monoisotopic (exact) mass is 1170 g/mol. The first-order chi connectivity index (χ1) is 36.7. The molecule has 14 N–H and O–H groups in total. The minimum atomic E-state index is -5.51. The molecule has 0 aromatic carbocycles. The molecule has 2 aliphatic heterocycles. The molecule has 0 unspecified atom stereocenters. The van der Waals surface area contributed by atoms with Crippen LogP contribution in [0.1, 0.15) is 73.6 Å². The summed E-state index contributed by atoms with van der Waals surface area (Å²) in [6.45, 7) is 4.24. The van der Waals surface area contributed by atoms with Crippen LogP contribution in [0.3, 0.4) is 0 Å². The quantitative estimate of drug-likeness (QED) is 0.0188. The van der Waals surface area contributed by atoms with Crippen molar-refractivity contribution < 1.29 is 129 Å². The van der Waals surface area contributed by atoms with Crippen molar-refractivity contribution in [2.45, 2.75) is 177 Å². The largest absolute Gasteiger partial charge is 0.472 e. The van der Waals surface area contributed by atoms with Gasteiger partial charge in [-0.1, -0.05) is 0 Å². The molecule has 2 fully saturated rings. The molecule has 2 heterocycles. The molecule has 452 valence electrons. The summed E-state index contributed by atoms with van der Waals surface area (Å²) in [5, 5.41) is 59.6. The van der Waals surface area contributed by atoms with Crippen molar-refractivity contribution in [3.05, 3.63) is 0 Å². The third-order valence-corrected chi connectivity index (χ3v) is 12.2. The normalized spacial score (nSPS) is 25.5. The topological polar surface area (TPSA) is 470 Å². The average Bonchev–Trinajstić information content (AvgIpc) is 3.36. The van der Waals surface area contributed by atoms with E-state index in [1.54, 1.807) is 5.32 Å². The highest BCUT2D eigenvalue weighted by Crippen LogP contribution is 2.42. The van der Waals surface area contributed by atoms with E-state index in [0.29, 0.717) is 0 Å². The number of aliphatic hydroxyl groups excluding tert-OH is 4. The van der Waals surface area contributed by atoms with Gasteiger partial charge in [-0.3, -0.25) is 42.9 Å². The lowest BCUT2D eigenvalue weighted by molar-refractivity contribution is -0.331. The van der Waals surface area contributed by atoms with Gasteiger partial charge in [0.05, 0.1) is 27.4 Å². The molecule has 0 bridgehead atoms. The van der Waals surface area contributed by atoms with Crippen LogP contribution in [0.25, 0.3) is 0 Å². The maximum atomic E-state index is 13.7. The number of nitrogens with one attached hydrogen (secondary N) is 8. The molecule has 2 aliphatic rings. The lowest BCUT2D eigenvalue weighted by atomic mass is 9.94. The van der Waals surface area contributed by atoms with Crippen molar-refractivity contribution in [1.82, 2.24) is 42.5 Å². The highest BCUT2D eigenvalue weighted by molar-refractivity contribution is 7.46. The molecule has 8 amide bonds. The fraction of sp³-hybridized carbons (Fsp3) is 0.767. The van der Waals surface area contributed by atoms with E-state index in [1.165, 1.54) is 13.8 Å². The Bertz CT molecular complexity index is 2180. The number of phosphoric acid groups is 1. The van der Waals surface area contributed by atoms with Crippen LogP contribution < -0.4 is 42.5 Å². The molecule has 2 saturated heterocycles. The number of carbonyl (C=O) groups is 10. The molecular weight excluding hydrogens is 1100 g/mol. The highest BCUT2D eigenvalue weighted by atomic mass is 31.2. The summed E-state index contributed by atoms with van der Waals surface area (Å²) in [4.78, 5) is 147. The van der Waals surface area contributed by atoms with Crippen molar-refractivity contribution in [2.24, 2.45) is 0 Å². The summed E-state index contributed by atoms with van der Waals surface area (Å²) < 4.78 is 87.4. The van der Waals surface area contributed by atoms with E-state index in [4.69, 9.17) is 28.2 Å². The molecule has 0 spiro atoms. The second kappa shape index (κ2) is 31.9. The second-order valence-corrected chi connectivity index (χ2v) is 19.2. The predicted molar refractivity (Wildman–Crippen MR) is 254 cm³/mol. The van der Waals surface area contributed by atoms with Crippen LogP contribution in [0.15, 0.2) is 0 Å². The number of halogens is 3. The van der Waals surface area contributed by atoms with Gasteiger partial charge in [-0.25, -0.2) is 14.2 Å². The van der Waals surface area contributed by atoms with Gasteiger partial charge < -0.3 is 101 Å². The molecule has 0 aromatic rings. The van der Waals surface area contributed by atoms with Crippen molar-refractivity contribution >= 4 is 67.0 Å². The number of hydrogen-bond donors (Lipinski definition) is 14. The van der Waals surface area contributed by atoms with E-state index in [9.17, 15) is 95.9 Å². The number of unbranched alkanes of at least 4 members (excludes halogenated alkanes) is 1. The van der Waals surface area contributed by atoms with Crippen molar-refractivity contribution in [2.75, 3.05) is 34.0 Å². The molecule has 0 aromatic heterocycles. The van der Waals surface area contributed by atoms with Crippen molar-refractivity contribution in [3.8, 4) is 0 Å². The summed E-state index contributed by atoms with van der Waals surface area (Å²) in [6.07, 6.45) is -23.4.